The van der Waals surface area contributed by atoms with E-state index in [2.05, 4.69) is 34.6 Å². The molecule has 0 aliphatic heterocycles. The first-order chi connectivity index (χ1) is 6.52. The van der Waals surface area contributed by atoms with Gasteiger partial charge in [0.1, 0.15) is 0 Å². The third kappa shape index (κ3) is 17.6. The van der Waals surface area contributed by atoms with Gasteiger partial charge in [0.2, 0.25) is 0 Å². The van der Waals surface area contributed by atoms with Crippen LogP contribution in [0.2, 0.25) is 0 Å². The van der Waals surface area contributed by atoms with E-state index >= 15 is 0 Å². The van der Waals surface area contributed by atoms with Crippen LogP contribution < -0.4 is 17.0 Å². The van der Waals surface area contributed by atoms with Gasteiger partial charge in [0, 0.05) is 0 Å². The van der Waals surface area contributed by atoms with E-state index in [-0.39, 0.29) is 40.0 Å². The largest absolute Gasteiger partial charge is 2.00 e. The SMILES string of the molecule is [Br-].[CH2-]C(C)CCCC(C)CCCC(C)C.[Mg+2]. The summed E-state index contributed by atoms with van der Waals surface area (Å²) in [6, 6.07) is 0. The Morgan fingerprint density at radius 3 is 1.62 bits per heavy atom. The zero-order valence-electron chi connectivity index (χ0n) is 11.8. The fourth-order valence-corrected chi connectivity index (χ4v) is 1.83. The molecule has 0 nitrogen and oxygen atoms in total. The molecule has 0 N–H and O–H groups in total. The van der Waals surface area contributed by atoms with Crippen molar-refractivity contribution in [1.29, 1.82) is 0 Å². The molecular formula is C14H29BrMg. The summed E-state index contributed by atoms with van der Waals surface area (Å²) < 4.78 is 0. The van der Waals surface area contributed by atoms with Crippen LogP contribution in [0.25, 0.3) is 0 Å². The van der Waals surface area contributed by atoms with E-state index in [1.165, 1.54) is 38.5 Å². The van der Waals surface area contributed by atoms with Crippen molar-refractivity contribution < 1.29 is 17.0 Å². The molecule has 94 valence electrons. The summed E-state index contributed by atoms with van der Waals surface area (Å²) in [7, 11) is 0. The summed E-state index contributed by atoms with van der Waals surface area (Å²) in [5, 5.41) is 0. The molecule has 0 aromatic carbocycles. The smallest absolute Gasteiger partial charge is 1.00 e. The van der Waals surface area contributed by atoms with Crippen LogP contribution in [0.1, 0.15) is 66.2 Å². The van der Waals surface area contributed by atoms with E-state index in [0.29, 0.717) is 5.92 Å². The second-order valence-electron chi connectivity index (χ2n) is 5.47. The fourth-order valence-electron chi connectivity index (χ4n) is 1.83. The van der Waals surface area contributed by atoms with Gasteiger partial charge in [0.25, 0.3) is 0 Å². The molecular weight excluding hydrogens is 272 g/mol. The van der Waals surface area contributed by atoms with Crippen molar-refractivity contribution in [3.05, 3.63) is 6.92 Å². The van der Waals surface area contributed by atoms with Crippen molar-refractivity contribution in [3.8, 4) is 0 Å². The third-order valence-electron chi connectivity index (χ3n) is 2.87. The maximum Gasteiger partial charge on any atom is 2.00 e. The van der Waals surface area contributed by atoms with Crippen LogP contribution in [-0.2, 0) is 0 Å². The number of hydrogen-bond donors (Lipinski definition) is 0. The number of halogens is 1. The molecule has 0 aliphatic carbocycles. The van der Waals surface area contributed by atoms with Crippen molar-refractivity contribution in [2.24, 2.45) is 17.8 Å². The van der Waals surface area contributed by atoms with Gasteiger partial charge in [-0.2, -0.15) is 5.92 Å². The van der Waals surface area contributed by atoms with Crippen LogP contribution in [0.5, 0.6) is 0 Å². The minimum absolute atomic E-state index is 0. The van der Waals surface area contributed by atoms with Gasteiger partial charge < -0.3 is 23.9 Å². The van der Waals surface area contributed by atoms with Gasteiger partial charge >= 0.3 is 23.1 Å². The molecule has 0 rings (SSSR count). The molecule has 0 radical (unpaired) electrons. The van der Waals surface area contributed by atoms with Gasteiger partial charge in [0.15, 0.2) is 0 Å². The van der Waals surface area contributed by atoms with Crippen molar-refractivity contribution >= 4 is 23.1 Å². The Balaban J connectivity index is -0.000000845. The van der Waals surface area contributed by atoms with E-state index in [9.17, 15) is 0 Å². The Labute approximate surface area is 130 Å². The molecule has 16 heavy (non-hydrogen) atoms. The van der Waals surface area contributed by atoms with Gasteiger partial charge in [0.05, 0.1) is 0 Å². The molecule has 0 aromatic rings. The maximum absolute atomic E-state index is 4.02. The normalized spacial score (nSPS) is 13.9. The van der Waals surface area contributed by atoms with E-state index in [0.717, 1.165) is 11.8 Å². The summed E-state index contributed by atoms with van der Waals surface area (Å²) >= 11 is 0. The van der Waals surface area contributed by atoms with Crippen LogP contribution in [0, 0.1) is 24.7 Å². The molecule has 0 saturated heterocycles. The van der Waals surface area contributed by atoms with Crippen molar-refractivity contribution in [3.63, 3.8) is 0 Å². The minimum atomic E-state index is 0. The minimum Gasteiger partial charge on any atom is -1.00 e. The van der Waals surface area contributed by atoms with E-state index in [4.69, 9.17) is 0 Å². The first-order valence-electron chi connectivity index (χ1n) is 6.35. The van der Waals surface area contributed by atoms with Gasteiger partial charge in [-0.25, -0.2) is 0 Å². The predicted molar refractivity (Wildman–Crippen MR) is 72.0 cm³/mol. The average molecular weight is 302 g/mol. The Hall–Kier alpha value is 1.25. The molecule has 0 heterocycles. The molecule has 2 heteroatoms. The summed E-state index contributed by atoms with van der Waals surface area (Å²) in [6.07, 6.45) is 8.30. The third-order valence-corrected chi connectivity index (χ3v) is 2.87. The molecule has 0 fully saturated rings. The molecule has 0 bridgehead atoms. The molecule has 0 aromatic heterocycles. The summed E-state index contributed by atoms with van der Waals surface area (Å²) in [6.45, 7) is 13.3. The van der Waals surface area contributed by atoms with Crippen molar-refractivity contribution in [1.82, 2.24) is 0 Å². The van der Waals surface area contributed by atoms with E-state index < -0.39 is 0 Å². The molecule has 0 spiro atoms. The fraction of sp³-hybridized carbons (Fsp3) is 0.929. The van der Waals surface area contributed by atoms with Crippen LogP contribution >= 0.6 is 0 Å². The molecule has 0 saturated carbocycles. The monoisotopic (exact) mass is 300 g/mol. The molecule has 0 aliphatic rings. The van der Waals surface area contributed by atoms with Crippen LogP contribution in [0.3, 0.4) is 0 Å². The Morgan fingerprint density at radius 2 is 1.25 bits per heavy atom. The second-order valence-corrected chi connectivity index (χ2v) is 5.47. The predicted octanol–water partition coefficient (Wildman–Crippen LogP) is 1.71. The second kappa shape index (κ2) is 14.3. The summed E-state index contributed by atoms with van der Waals surface area (Å²) in [5.74, 6) is 2.44. The van der Waals surface area contributed by atoms with Crippen molar-refractivity contribution in [2.45, 2.75) is 66.2 Å². The standard InChI is InChI=1S/C14H29.BrH.Mg/c1-12(2)8-6-10-14(5)11-7-9-13(3)4;;/h12-14H,1,6-11H2,2-5H3;1H;/q-1;;+2/p-1. The van der Waals surface area contributed by atoms with Gasteiger partial charge in [-0.05, 0) is 11.8 Å². The number of hydrogen-bond acceptors (Lipinski definition) is 0. The summed E-state index contributed by atoms with van der Waals surface area (Å²) in [5.41, 5.74) is 0. The van der Waals surface area contributed by atoms with E-state index in [1.807, 2.05) is 0 Å². The van der Waals surface area contributed by atoms with Gasteiger partial charge in [-0.15, -0.1) is 0 Å². The first kappa shape index (κ1) is 22.4. The topological polar surface area (TPSA) is 0 Å². The maximum atomic E-state index is 4.02. The number of rotatable bonds is 8. The Bertz CT molecular complexity index is 110. The van der Waals surface area contributed by atoms with Crippen molar-refractivity contribution in [2.75, 3.05) is 0 Å². The Kier molecular flexibility index (Phi) is 20.1. The van der Waals surface area contributed by atoms with E-state index in [1.54, 1.807) is 0 Å². The van der Waals surface area contributed by atoms with Crippen LogP contribution in [-0.4, -0.2) is 23.1 Å². The van der Waals surface area contributed by atoms with Gasteiger partial charge in [-0.3, -0.25) is 0 Å². The van der Waals surface area contributed by atoms with Crippen LogP contribution in [0.4, 0.5) is 0 Å². The quantitative estimate of drug-likeness (QED) is 0.473. The molecule has 2 atom stereocenters. The zero-order valence-corrected chi connectivity index (χ0v) is 14.8. The summed E-state index contributed by atoms with van der Waals surface area (Å²) in [4.78, 5) is 0. The first-order valence-corrected chi connectivity index (χ1v) is 6.35. The molecule has 2 unspecified atom stereocenters. The molecule has 0 amide bonds. The average Bonchev–Trinajstić information content (AvgIpc) is 2.02. The van der Waals surface area contributed by atoms with Gasteiger partial charge in [-0.1, -0.05) is 66.2 Å². The Morgan fingerprint density at radius 1 is 0.812 bits per heavy atom. The van der Waals surface area contributed by atoms with Crippen LogP contribution in [0.15, 0.2) is 0 Å². The zero-order chi connectivity index (χ0) is 11.0.